The molecule has 7 heteroatoms. The molecule has 4 nitrogen and oxygen atoms in total. The van der Waals surface area contributed by atoms with Crippen molar-refractivity contribution in [2.75, 3.05) is 12.3 Å². The van der Waals surface area contributed by atoms with E-state index in [0.29, 0.717) is 30.3 Å². The van der Waals surface area contributed by atoms with Gasteiger partial charge in [-0.15, -0.1) is 11.8 Å². The van der Waals surface area contributed by atoms with E-state index in [2.05, 4.69) is 21.2 Å². The molecule has 0 aliphatic heterocycles. The third-order valence-electron chi connectivity index (χ3n) is 4.44. The van der Waals surface area contributed by atoms with Gasteiger partial charge in [0, 0.05) is 28.3 Å². The van der Waals surface area contributed by atoms with Crippen molar-refractivity contribution in [3.05, 3.63) is 69.2 Å². The number of carbonyl (C=O) groups is 2. The second-order valence-electron chi connectivity index (χ2n) is 6.55. The van der Waals surface area contributed by atoms with Gasteiger partial charge < -0.3 is 10.2 Å². The minimum absolute atomic E-state index is 0.0647. The molecule has 0 spiro atoms. The second kappa shape index (κ2) is 12.3. The summed E-state index contributed by atoms with van der Waals surface area (Å²) in [5, 5.41) is 3.44. The van der Waals surface area contributed by atoms with Gasteiger partial charge in [-0.2, -0.15) is 0 Å². The minimum Gasteiger partial charge on any atom is -0.355 e. The van der Waals surface area contributed by atoms with E-state index in [4.69, 9.17) is 11.6 Å². The summed E-state index contributed by atoms with van der Waals surface area (Å²) in [6.07, 6.45) is 0.541. The Hall–Kier alpha value is -1.50. The molecular formula is C22H26BrClN2O2S. The van der Waals surface area contributed by atoms with Gasteiger partial charge in [-0.25, -0.2) is 0 Å². The van der Waals surface area contributed by atoms with Crippen molar-refractivity contribution in [1.29, 1.82) is 0 Å². The van der Waals surface area contributed by atoms with Gasteiger partial charge in [0.15, 0.2) is 0 Å². The molecule has 0 aromatic heterocycles. The number of likely N-dealkylation sites (N-methyl/N-ethyl adjacent to an activating group) is 1. The number of nitrogens with zero attached hydrogens (tertiary/aromatic N) is 1. The van der Waals surface area contributed by atoms with E-state index < -0.39 is 6.04 Å². The van der Waals surface area contributed by atoms with Crippen LogP contribution in [0.25, 0.3) is 0 Å². The molecule has 1 atom stereocenters. The van der Waals surface area contributed by atoms with Crippen LogP contribution in [0.2, 0.25) is 5.02 Å². The summed E-state index contributed by atoms with van der Waals surface area (Å²) in [5.74, 6) is 0.839. The Labute approximate surface area is 190 Å². The van der Waals surface area contributed by atoms with E-state index >= 15 is 0 Å². The number of carbonyl (C=O) groups excluding carboxylic acids is 2. The van der Waals surface area contributed by atoms with Gasteiger partial charge in [-0.1, -0.05) is 64.8 Å². The van der Waals surface area contributed by atoms with Gasteiger partial charge in [0.25, 0.3) is 0 Å². The summed E-state index contributed by atoms with van der Waals surface area (Å²) in [4.78, 5) is 27.3. The predicted octanol–water partition coefficient (Wildman–Crippen LogP) is 5.28. The number of hydrogen-bond donors (Lipinski definition) is 1. The van der Waals surface area contributed by atoms with Gasteiger partial charge in [0.2, 0.25) is 11.8 Å². The highest BCUT2D eigenvalue weighted by atomic mass is 79.9. The highest BCUT2D eigenvalue weighted by Crippen LogP contribution is 2.22. The first-order chi connectivity index (χ1) is 14.0. The Balaban J connectivity index is 2.11. The molecule has 156 valence electrons. The summed E-state index contributed by atoms with van der Waals surface area (Å²) in [7, 11) is 0. The minimum atomic E-state index is -0.521. The highest BCUT2D eigenvalue weighted by molar-refractivity contribution is 9.10. The van der Waals surface area contributed by atoms with E-state index in [9.17, 15) is 9.59 Å². The molecule has 2 aromatic rings. The van der Waals surface area contributed by atoms with Crippen LogP contribution in [0, 0.1) is 0 Å². The maximum Gasteiger partial charge on any atom is 0.242 e. The van der Waals surface area contributed by atoms with Gasteiger partial charge in [0.05, 0.1) is 5.75 Å². The molecule has 0 aliphatic carbocycles. The maximum absolute atomic E-state index is 13.1. The summed E-state index contributed by atoms with van der Waals surface area (Å²) in [6, 6.07) is 15.0. The third-order valence-corrected chi connectivity index (χ3v) is 6.33. The second-order valence-corrected chi connectivity index (χ2v) is 8.86. The lowest BCUT2D eigenvalue weighted by Gasteiger charge is -2.30. The fourth-order valence-electron chi connectivity index (χ4n) is 2.94. The highest BCUT2D eigenvalue weighted by Gasteiger charge is 2.28. The van der Waals surface area contributed by atoms with Crippen LogP contribution >= 0.6 is 39.3 Å². The Kier molecular flexibility index (Phi) is 10.0. The molecule has 0 radical (unpaired) electrons. The van der Waals surface area contributed by atoms with Crippen LogP contribution < -0.4 is 5.32 Å². The van der Waals surface area contributed by atoms with E-state index in [-0.39, 0.29) is 11.8 Å². The number of halogens is 2. The summed E-state index contributed by atoms with van der Waals surface area (Å²) < 4.78 is 1.03. The topological polar surface area (TPSA) is 49.4 Å². The van der Waals surface area contributed by atoms with E-state index in [1.807, 2.05) is 56.3 Å². The van der Waals surface area contributed by atoms with Crippen LogP contribution in [-0.4, -0.2) is 35.1 Å². The van der Waals surface area contributed by atoms with Gasteiger partial charge >= 0.3 is 0 Å². The average Bonchev–Trinajstić information content (AvgIpc) is 2.71. The van der Waals surface area contributed by atoms with Crippen LogP contribution in [0.5, 0.6) is 0 Å². The van der Waals surface area contributed by atoms with Gasteiger partial charge in [-0.3, -0.25) is 9.59 Å². The lowest BCUT2D eigenvalue weighted by Crippen LogP contribution is -2.49. The molecule has 0 bridgehead atoms. The quantitative estimate of drug-likeness (QED) is 0.486. The largest absolute Gasteiger partial charge is 0.355 e. The molecule has 29 heavy (non-hydrogen) atoms. The zero-order valence-electron chi connectivity index (χ0n) is 16.7. The van der Waals surface area contributed by atoms with Crippen molar-refractivity contribution in [3.63, 3.8) is 0 Å². The van der Waals surface area contributed by atoms with Crippen LogP contribution in [-0.2, 0) is 21.9 Å². The molecule has 0 saturated carbocycles. The van der Waals surface area contributed by atoms with Gasteiger partial charge in [0.1, 0.15) is 6.04 Å². The van der Waals surface area contributed by atoms with Crippen molar-refractivity contribution < 1.29 is 9.59 Å². The van der Waals surface area contributed by atoms with Crippen LogP contribution in [0.1, 0.15) is 31.4 Å². The Morgan fingerprint density at radius 2 is 1.83 bits per heavy atom. The Morgan fingerprint density at radius 1 is 1.14 bits per heavy atom. The van der Waals surface area contributed by atoms with Crippen molar-refractivity contribution in [2.45, 2.75) is 38.6 Å². The van der Waals surface area contributed by atoms with Crippen LogP contribution in [0.4, 0.5) is 0 Å². The fourth-order valence-corrected chi connectivity index (χ4v) is 4.27. The van der Waals surface area contributed by atoms with Gasteiger partial charge in [-0.05, 0) is 42.7 Å². The SMILES string of the molecule is CCNC(=O)[C@H](CC)N(Cc1ccccc1Cl)C(=O)CSCc1ccc(Br)cc1. The molecule has 0 heterocycles. The average molecular weight is 498 g/mol. The standard InChI is InChI=1S/C22H26BrClN2O2S/c1-3-20(22(28)25-4-2)26(13-17-7-5-6-8-19(17)24)21(27)15-29-14-16-9-11-18(23)12-10-16/h5-12,20H,3-4,13-15H2,1-2H3,(H,25,28)/t20-/m0/s1. The lowest BCUT2D eigenvalue weighted by molar-refractivity contribution is -0.139. The molecule has 1 N–H and O–H groups in total. The van der Waals surface area contributed by atoms with Crippen LogP contribution in [0.15, 0.2) is 53.0 Å². The monoisotopic (exact) mass is 496 g/mol. The zero-order chi connectivity index (χ0) is 21.2. The molecule has 2 aromatic carbocycles. The summed E-state index contributed by atoms with van der Waals surface area (Å²) in [6.45, 7) is 4.63. The Morgan fingerprint density at radius 3 is 2.45 bits per heavy atom. The Bertz CT molecular complexity index is 817. The predicted molar refractivity (Wildman–Crippen MR) is 125 cm³/mol. The van der Waals surface area contributed by atoms with Crippen molar-refractivity contribution in [1.82, 2.24) is 10.2 Å². The molecule has 0 fully saturated rings. The molecular weight excluding hydrogens is 472 g/mol. The third kappa shape index (κ3) is 7.36. The first-order valence-corrected chi connectivity index (χ1v) is 11.9. The molecule has 2 rings (SSSR count). The fraction of sp³-hybridized carbons (Fsp3) is 0.364. The first kappa shape index (κ1) is 23.8. The number of amides is 2. The van der Waals surface area contributed by atoms with E-state index in [1.165, 1.54) is 0 Å². The molecule has 0 saturated heterocycles. The molecule has 0 unspecified atom stereocenters. The number of hydrogen-bond acceptors (Lipinski definition) is 3. The number of benzene rings is 2. The number of thioether (sulfide) groups is 1. The first-order valence-electron chi connectivity index (χ1n) is 9.59. The van der Waals surface area contributed by atoms with E-state index in [1.54, 1.807) is 22.7 Å². The maximum atomic E-state index is 13.1. The molecule has 0 aliphatic rings. The summed E-state index contributed by atoms with van der Waals surface area (Å²) >= 11 is 11.3. The lowest BCUT2D eigenvalue weighted by atomic mass is 10.1. The zero-order valence-corrected chi connectivity index (χ0v) is 19.8. The normalized spacial score (nSPS) is 11.7. The number of nitrogens with one attached hydrogen (secondary N) is 1. The van der Waals surface area contributed by atoms with Crippen molar-refractivity contribution >= 4 is 51.1 Å². The van der Waals surface area contributed by atoms with Crippen molar-refractivity contribution in [3.8, 4) is 0 Å². The molecule has 2 amide bonds. The summed E-state index contributed by atoms with van der Waals surface area (Å²) in [5.41, 5.74) is 1.99. The van der Waals surface area contributed by atoms with Crippen molar-refractivity contribution in [2.24, 2.45) is 0 Å². The smallest absolute Gasteiger partial charge is 0.242 e. The van der Waals surface area contributed by atoms with Crippen LogP contribution in [0.3, 0.4) is 0 Å². The van der Waals surface area contributed by atoms with E-state index in [0.717, 1.165) is 21.4 Å². The number of rotatable bonds is 10.